The molecule has 0 amide bonds. The van der Waals surface area contributed by atoms with Crippen LogP contribution in [0.15, 0.2) is 6.07 Å². The molecule has 0 saturated carbocycles. The van der Waals surface area contributed by atoms with Gasteiger partial charge in [0.2, 0.25) is 18.3 Å². The van der Waals surface area contributed by atoms with E-state index in [1.54, 1.807) is 27.4 Å². The summed E-state index contributed by atoms with van der Waals surface area (Å²) in [6.07, 6.45) is -0.289. The number of hydrogen-bond acceptors (Lipinski definition) is 6. The van der Waals surface area contributed by atoms with Crippen molar-refractivity contribution in [3.05, 3.63) is 11.6 Å². The largest absolute Gasteiger partial charge is 0.493 e. The summed E-state index contributed by atoms with van der Waals surface area (Å²) in [5.41, 5.74) is 6.46. The molecule has 0 saturated heterocycles. The highest BCUT2D eigenvalue weighted by Gasteiger charge is 2.29. The minimum atomic E-state index is -0.289. The van der Waals surface area contributed by atoms with Crippen LogP contribution >= 0.6 is 0 Å². The molecule has 0 spiro atoms. The Bertz CT molecular complexity index is 431. The lowest BCUT2D eigenvalue weighted by atomic mass is 10.1. The van der Waals surface area contributed by atoms with Crippen molar-refractivity contribution in [3.8, 4) is 23.0 Å². The van der Waals surface area contributed by atoms with E-state index < -0.39 is 0 Å². The molecule has 18 heavy (non-hydrogen) atoms. The van der Waals surface area contributed by atoms with Crippen LogP contribution < -0.4 is 24.7 Å². The van der Waals surface area contributed by atoms with E-state index in [1.807, 2.05) is 0 Å². The monoisotopic (exact) mass is 255 g/mol. The summed E-state index contributed by atoms with van der Waals surface area (Å²) in [6, 6.07) is 1.80. The quantitative estimate of drug-likeness (QED) is 0.848. The lowest BCUT2D eigenvalue weighted by molar-refractivity contribution is 0.107. The Morgan fingerprint density at radius 2 is 1.94 bits per heavy atom. The molecule has 1 aliphatic rings. The molecule has 0 radical (unpaired) electrons. The predicted molar refractivity (Wildman–Crippen MR) is 64.5 cm³/mol. The van der Waals surface area contributed by atoms with E-state index in [0.29, 0.717) is 29.5 Å². The zero-order valence-electron chi connectivity index (χ0n) is 10.7. The summed E-state index contributed by atoms with van der Waals surface area (Å²) in [5.74, 6) is 2.22. The zero-order chi connectivity index (χ0) is 13.1. The maximum Gasteiger partial charge on any atom is 0.231 e. The fourth-order valence-corrected chi connectivity index (χ4v) is 1.99. The average molecular weight is 255 g/mol. The highest BCUT2D eigenvalue weighted by molar-refractivity contribution is 5.64. The molecule has 2 N–H and O–H groups in total. The molecule has 6 heteroatoms. The molecule has 0 fully saturated rings. The van der Waals surface area contributed by atoms with Crippen molar-refractivity contribution in [1.82, 2.24) is 0 Å². The Morgan fingerprint density at radius 3 is 2.50 bits per heavy atom. The van der Waals surface area contributed by atoms with E-state index in [4.69, 9.17) is 29.4 Å². The van der Waals surface area contributed by atoms with Crippen molar-refractivity contribution in [2.45, 2.75) is 6.10 Å². The van der Waals surface area contributed by atoms with Gasteiger partial charge in [-0.1, -0.05) is 0 Å². The molecule has 0 bridgehead atoms. The third-order valence-electron chi connectivity index (χ3n) is 2.86. The zero-order valence-corrected chi connectivity index (χ0v) is 10.7. The molecular formula is C12H17NO5. The smallest absolute Gasteiger partial charge is 0.231 e. The van der Waals surface area contributed by atoms with E-state index in [1.165, 1.54) is 0 Å². The van der Waals surface area contributed by atoms with Crippen LogP contribution in [0.3, 0.4) is 0 Å². The highest BCUT2D eigenvalue weighted by atomic mass is 16.7. The molecular weight excluding hydrogens is 238 g/mol. The van der Waals surface area contributed by atoms with Crippen LogP contribution in [0.25, 0.3) is 0 Å². The Balaban J connectivity index is 2.58. The van der Waals surface area contributed by atoms with E-state index in [2.05, 4.69) is 0 Å². The molecule has 0 unspecified atom stereocenters. The van der Waals surface area contributed by atoms with Gasteiger partial charge in [-0.05, 0) is 6.07 Å². The normalized spacial score (nSPS) is 14.4. The summed E-state index contributed by atoms with van der Waals surface area (Å²) in [6.45, 7) is 0.474. The third kappa shape index (κ3) is 1.93. The molecule has 0 aromatic heterocycles. The van der Waals surface area contributed by atoms with Gasteiger partial charge < -0.3 is 29.4 Å². The van der Waals surface area contributed by atoms with Crippen molar-refractivity contribution in [2.24, 2.45) is 5.73 Å². The van der Waals surface area contributed by atoms with Gasteiger partial charge in [-0.25, -0.2) is 0 Å². The van der Waals surface area contributed by atoms with Gasteiger partial charge in [0.15, 0.2) is 11.5 Å². The molecule has 1 aliphatic heterocycles. The van der Waals surface area contributed by atoms with Crippen LogP contribution in [0.2, 0.25) is 0 Å². The van der Waals surface area contributed by atoms with Gasteiger partial charge in [0.05, 0.1) is 20.3 Å². The van der Waals surface area contributed by atoms with Crippen molar-refractivity contribution in [2.75, 3.05) is 34.7 Å². The van der Waals surface area contributed by atoms with Crippen LogP contribution in [0.1, 0.15) is 11.7 Å². The van der Waals surface area contributed by atoms with Gasteiger partial charge in [-0.15, -0.1) is 0 Å². The SMILES string of the molecule is COc1cc([C@H](CN)OC)c(OC)c2c1OCO2. The van der Waals surface area contributed by atoms with E-state index >= 15 is 0 Å². The molecule has 1 atom stereocenters. The average Bonchev–Trinajstić information content (AvgIpc) is 2.88. The number of ether oxygens (including phenoxy) is 5. The van der Waals surface area contributed by atoms with Gasteiger partial charge >= 0.3 is 0 Å². The molecule has 1 heterocycles. The lowest BCUT2D eigenvalue weighted by Gasteiger charge is -2.19. The first-order valence-electron chi connectivity index (χ1n) is 5.54. The number of hydrogen-bond donors (Lipinski definition) is 1. The minimum Gasteiger partial charge on any atom is -0.493 e. The topological polar surface area (TPSA) is 72.2 Å². The van der Waals surface area contributed by atoms with Gasteiger partial charge in [0, 0.05) is 19.2 Å². The van der Waals surface area contributed by atoms with Crippen LogP contribution in [-0.4, -0.2) is 34.7 Å². The van der Waals surface area contributed by atoms with Crippen LogP contribution in [-0.2, 0) is 4.74 Å². The predicted octanol–water partition coefficient (Wildman–Crippen LogP) is 1.08. The van der Waals surface area contributed by atoms with Crippen LogP contribution in [0, 0.1) is 0 Å². The van der Waals surface area contributed by atoms with E-state index in [0.717, 1.165) is 5.56 Å². The lowest BCUT2D eigenvalue weighted by Crippen LogP contribution is -2.15. The van der Waals surface area contributed by atoms with Crippen LogP contribution in [0.4, 0.5) is 0 Å². The second kappa shape index (κ2) is 5.32. The maximum atomic E-state index is 5.68. The van der Waals surface area contributed by atoms with Crippen molar-refractivity contribution >= 4 is 0 Å². The molecule has 0 aliphatic carbocycles. The maximum absolute atomic E-state index is 5.68. The van der Waals surface area contributed by atoms with Gasteiger partial charge in [-0.2, -0.15) is 0 Å². The molecule has 1 aromatic carbocycles. The first kappa shape index (κ1) is 12.8. The van der Waals surface area contributed by atoms with Crippen molar-refractivity contribution in [1.29, 1.82) is 0 Å². The molecule has 2 rings (SSSR count). The summed E-state index contributed by atoms with van der Waals surface area (Å²) in [5, 5.41) is 0. The Morgan fingerprint density at radius 1 is 1.22 bits per heavy atom. The Kier molecular flexibility index (Phi) is 3.78. The van der Waals surface area contributed by atoms with E-state index in [9.17, 15) is 0 Å². The number of rotatable bonds is 5. The van der Waals surface area contributed by atoms with Gasteiger partial charge in [-0.3, -0.25) is 0 Å². The Labute approximate surface area is 106 Å². The second-order valence-electron chi connectivity index (χ2n) is 3.73. The number of fused-ring (bicyclic) bond motifs is 1. The Hall–Kier alpha value is -1.66. The minimum absolute atomic E-state index is 0.145. The third-order valence-corrected chi connectivity index (χ3v) is 2.86. The number of methoxy groups -OCH3 is 3. The van der Waals surface area contributed by atoms with Gasteiger partial charge in [0.1, 0.15) is 0 Å². The standard InChI is InChI=1S/C12H17NO5/c1-14-8-4-7(9(5-13)15-2)10(16-3)12-11(8)17-6-18-12/h4,9H,5-6,13H2,1-3H3/t9-/m0/s1. The fraction of sp³-hybridized carbons (Fsp3) is 0.500. The molecule has 6 nitrogen and oxygen atoms in total. The second-order valence-corrected chi connectivity index (χ2v) is 3.73. The fourth-order valence-electron chi connectivity index (χ4n) is 1.99. The van der Waals surface area contributed by atoms with Crippen molar-refractivity contribution < 1.29 is 23.7 Å². The molecule has 100 valence electrons. The van der Waals surface area contributed by atoms with Crippen LogP contribution in [0.5, 0.6) is 23.0 Å². The number of nitrogens with two attached hydrogens (primary N) is 1. The molecule has 1 aromatic rings. The first-order chi connectivity index (χ1) is 8.76. The first-order valence-corrected chi connectivity index (χ1v) is 5.54. The number of benzene rings is 1. The summed E-state index contributed by atoms with van der Waals surface area (Å²) >= 11 is 0. The van der Waals surface area contributed by atoms with Gasteiger partial charge in [0.25, 0.3) is 0 Å². The van der Waals surface area contributed by atoms with Crippen molar-refractivity contribution in [3.63, 3.8) is 0 Å². The summed E-state index contributed by atoms with van der Waals surface area (Å²) in [7, 11) is 4.72. The summed E-state index contributed by atoms with van der Waals surface area (Å²) in [4.78, 5) is 0. The highest BCUT2D eigenvalue weighted by Crippen LogP contribution is 2.51. The van der Waals surface area contributed by atoms with E-state index in [-0.39, 0.29) is 12.9 Å². The summed E-state index contributed by atoms with van der Waals surface area (Å²) < 4.78 is 26.8.